The van der Waals surface area contributed by atoms with E-state index in [0.29, 0.717) is 23.5 Å². The smallest absolute Gasteiger partial charge is 0.343 e. The number of esters is 2. The molecule has 4 nitrogen and oxygen atoms in total. The van der Waals surface area contributed by atoms with Gasteiger partial charge in [-0.15, -0.1) is 0 Å². The molecule has 0 aliphatic heterocycles. The van der Waals surface area contributed by atoms with Gasteiger partial charge in [0.25, 0.3) is 0 Å². The van der Waals surface area contributed by atoms with E-state index in [2.05, 4.69) is 6.92 Å². The summed E-state index contributed by atoms with van der Waals surface area (Å²) in [6.45, 7) is 2.21. The maximum absolute atomic E-state index is 12.3. The number of benzene rings is 3. The highest BCUT2D eigenvalue weighted by Gasteiger charge is 2.09. The number of carbonyl (C=O) groups is 2. The van der Waals surface area contributed by atoms with Crippen molar-refractivity contribution in [3.05, 3.63) is 84.4 Å². The van der Waals surface area contributed by atoms with Crippen molar-refractivity contribution in [1.29, 1.82) is 0 Å². The predicted molar refractivity (Wildman–Crippen MR) is 132 cm³/mol. The zero-order valence-corrected chi connectivity index (χ0v) is 19.3. The average Bonchev–Trinajstić information content (AvgIpc) is 2.85. The summed E-state index contributed by atoms with van der Waals surface area (Å²) in [7, 11) is 0. The second-order valence-corrected chi connectivity index (χ2v) is 8.15. The molecule has 3 rings (SSSR count). The fraction of sp³-hybridized carbons (Fsp3) is 0.310. The van der Waals surface area contributed by atoms with Gasteiger partial charge in [0.2, 0.25) is 0 Å². The van der Waals surface area contributed by atoms with Crippen LogP contribution < -0.4 is 9.47 Å². The molecular weight excluding hydrogens is 412 g/mol. The molecule has 0 aromatic heterocycles. The van der Waals surface area contributed by atoms with E-state index < -0.39 is 5.97 Å². The number of hydrogen-bond donors (Lipinski definition) is 0. The zero-order valence-electron chi connectivity index (χ0n) is 19.3. The third-order valence-electron chi connectivity index (χ3n) is 5.48. The first-order valence-corrected chi connectivity index (χ1v) is 11.8. The highest BCUT2D eigenvalue weighted by atomic mass is 16.5. The highest BCUT2D eigenvalue weighted by molar-refractivity contribution is 5.91. The third kappa shape index (κ3) is 8.23. The SMILES string of the molecule is CCCCCCCCCC(=O)Oc1ccc(-c2ccc(C(=O)Oc3ccccc3)cc2)cc1. The van der Waals surface area contributed by atoms with E-state index in [1.807, 2.05) is 42.5 Å². The van der Waals surface area contributed by atoms with Gasteiger partial charge in [0.15, 0.2) is 0 Å². The molecule has 0 atom stereocenters. The number of rotatable bonds is 12. The summed E-state index contributed by atoms with van der Waals surface area (Å²) in [6, 6.07) is 23.7. The molecule has 4 heteroatoms. The number of hydrogen-bond acceptors (Lipinski definition) is 4. The maximum Gasteiger partial charge on any atom is 0.343 e. The van der Waals surface area contributed by atoms with Gasteiger partial charge in [-0.1, -0.05) is 87.9 Å². The van der Waals surface area contributed by atoms with Crippen molar-refractivity contribution in [2.75, 3.05) is 0 Å². The van der Waals surface area contributed by atoms with Crippen LogP contribution in [0, 0.1) is 0 Å². The molecule has 0 aliphatic carbocycles. The summed E-state index contributed by atoms with van der Waals surface area (Å²) in [5.74, 6) is 0.493. The molecule has 0 fully saturated rings. The van der Waals surface area contributed by atoms with Gasteiger partial charge in [0.05, 0.1) is 5.56 Å². The first kappa shape index (κ1) is 24.2. The summed E-state index contributed by atoms with van der Waals surface area (Å²) >= 11 is 0. The molecule has 0 bridgehead atoms. The lowest BCUT2D eigenvalue weighted by Gasteiger charge is -2.07. The van der Waals surface area contributed by atoms with Crippen LogP contribution >= 0.6 is 0 Å². The van der Waals surface area contributed by atoms with Gasteiger partial charge in [0, 0.05) is 6.42 Å². The standard InChI is InChI=1S/C29H32O4/c1-2-3-4-5-6-7-11-14-28(30)32-27-21-19-24(20-22-27)23-15-17-25(18-16-23)29(31)33-26-12-9-8-10-13-26/h8-10,12-13,15-22H,2-7,11,14H2,1H3. The van der Waals surface area contributed by atoms with Crippen molar-refractivity contribution in [1.82, 2.24) is 0 Å². The number of para-hydroxylation sites is 1. The van der Waals surface area contributed by atoms with Crippen LogP contribution in [0.5, 0.6) is 11.5 Å². The largest absolute Gasteiger partial charge is 0.427 e. The minimum absolute atomic E-state index is 0.183. The van der Waals surface area contributed by atoms with Gasteiger partial charge in [-0.25, -0.2) is 4.79 Å². The van der Waals surface area contributed by atoms with Crippen LogP contribution in [0.2, 0.25) is 0 Å². The summed E-state index contributed by atoms with van der Waals surface area (Å²) in [5.41, 5.74) is 2.43. The van der Waals surface area contributed by atoms with Gasteiger partial charge >= 0.3 is 11.9 Å². The van der Waals surface area contributed by atoms with Crippen LogP contribution in [0.15, 0.2) is 78.9 Å². The average molecular weight is 445 g/mol. The van der Waals surface area contributed by atoms with E-state index in [1.54, 1.807) is 36.4 Å². The molecule has 0 radical (unpaired) electrons. The molecule has 0 unspecified atom stereocenters. The second-order valence-electron chi connectivity index (χ2n) is 8.15. The van der Waals surface area contributed by atoms with Gasteiger partial charge < -0.3 is 9.47 Å². The zero-order chi connectivity index (χ0) is 23.3. The molecule has 0 spiro atoms. The van der Waals surface area contributed by atoms with E-state index in [4.69, 9.17) is 9.47 Å². The molecule has 0 aliphatic rings. The van der Waals surface area contributed by atoms with Gasteiger partial charge in [-0.3, -0.25) is 4.79 Å². The van der Waals surface area contributed by atoms with E-state index >= 15 is 0 Å². The van der Waals surface area contributed by atoms with Crippen LogP contribution in [0.4, 0.5) is 0 Å². The molecule has 3 aromatic rings. The van der Waals surface area contributed by atoms with Crippen molar-refractivity contribution >= 4 is 11.9 Å². The summed E-state index contributed by atoms with van der Waals surface area (Å²) in [6.07, 6.45) is 8.67. The third-order valence-corrected chi connectivity index (χ3v) is 5.48. The fourth-order valence-electron chi connectivity index (χ4n) is 3.58. The number of carbonyl (C=O) groups excluding carboxylic acids is 2. The van der Waals surface area contributed by atoms with E-state index in [0.717, 1.165) is 24.0 Å². The maximum atomic E-state index is 12.3. The summed E-state index contributed by atoms with van der Waals surface area (Å²) in [4.78, 5) is 24.4. The summed E-state index contributed by atoms with van der Waals surface area (Å²) < 4.78 is 10.8. The quantitative estimate of drug-likeness (QED) is 0.164. The van der Waals surface area contributed by atoms with E-state index in [1.165, 1.54) is 32.1 Å². The van der Waals surface area contributed by atoms with Crippen molar-refractivity contribution in [2.45, 2.75) is 58.3 Å². The van der Waals surface area contributed by atoms with Crippen molar-refractivity contribution < 1.29 is 19.1 Å². The number of ether oxygens (including phenoxy) is 2. The molecule has 0 N–H and O–H groups in total. The van der Waals surface area contributed by atoms with Gasteiger partial charge in [-0.05, 0) is 53.9 Å². The van der Waals surface area contributed by atoms with Crippen molar-refractivity contribution in [2.24, 2.45) is 0 Å². The van der Waals surface area contributed by atoms with E-state index in [-0.39, 0.29) is 5.97 Å². The molecule has 0 saturated carbocycles. The lowest BCUT2D eigenvalue weighted by Crippen LogP contribution is -2.08. The Kier molecular flexibility index (Phi) is 9.71. The normalized spacial score (nSPS) is 10.6. The Labute approximate surface area is 196 Å². The Hall–Kier alpha value is -3.40. The Bertz CT molecular complexity index is 992. The van der Waals surface area contributed by atoms with E-state index in [9.17, 15) is 9.59 Å². The number of unbranched alkanes of at least 4 members (excludes halogenated alkanes) is 6. The lowest BCUT2D eigenvalue weighted by molar-refractivity contribution is -0.134. The van der Waals surface area contributed by atoms with Crippen molar-refractivity contribution in [3.8, 4) is 22.6 Å². The molecule has 0 heterocycles. The summed E-state index contributed by atoms with van der Waals surface area (Å²) in [5, 5.41) is 0. The molecule has 0 saturated heterocycles. The monoisotopic (exact) mass is 444 g/mol. The Morgan fingerprint density at radius 3 is 1.79 bits per heavy atom. The molecule has 33 heavy (non-hydrogen) atoms. The highest BCUT2D eigenvalue weighted by Crippen LogP contribution is 2.24. The van der Waals surface area contributed by atoms with Crippen LogP contribution in [-0.2, 0) is 4.79 Å². The molecule has 0 amide bonds. The lowest BCUT2D eigenvalue weighted by atomic mass is 10.0. The van der Waals surface area contributed by atoms with Crippen molar-refractivity contribution in [3.63, 3.8) is 0 Å². The first-order chi connectivity index (χ1) is 16.2. The Balaban J connectivity index is 1.45. The van der Waals surface area contributed by atoms with Crippen LogP contribution in [0.3, 0.4) is 0 Å². The minimum atomic E-state index is -0.393. The minimum Gasteiger partial charge on any atom is -0.427 e. The molecule has 172 valence electrons. The molecular formula is C29H32O4. The van der Waals surface area contributed by atoms with Gasteiger partial charge in [-0.2, -0.15) is 0 Å². The second kappa shape index (κ2) is 13.2. The Morgan fingerprint density at radius 1 is 0.606 bits per heavy atom. The molecule has 3 aromatic carbocycles. The van der Waals surface area contributed by atoms with Crippen LogP contribution in [0.25, 0.3) is 11.1 Å². The topological polar surface area (TPSA) is 52.6 Å². The van der Waals surface area contributed by atoms with Crippen LogP contribution in [-0.4, -0.2) is 11.9 Å². The predicted octanol–water partition coefficient (Wildman–Crippen LogP) is 7.62. The first-order valence-electron chi connectivity index (χ1n) is 11.8. The Morgan fingerprint density at radius 2 is 1.15 bits per heavy atom. The fourth-order valence-corrected chi connectivity index (χ4v) is 3.58. The van der Waals surface area contributed by atoms with Gasteiger partial charge in [0.1, 0.15) is 11.5 Å². The van der Waals surface area contributed by atoms with Crippen LogP contribution in [0.1, 0.15) is 68.6 Å².